The second-order valence-electron chi connectivity index (χ2n) is 17.2. The molecule has 0 saturated heterocycles. The number of hydrogen-bond donors (Lipinski definition) is 0. The van der Waals surface area contributed by atoms with Gasteiger partial charge in [0.1, 0.15) is 6.61 Å². The number of ether oxygens (including phenoxy) is 7. The van der Waals surface area contributed by atoms with Crippen LogP contribution < -0.4 is 0 Å². The molecule has 0 amide bonds. The van der Waals surface area contributed by atoms with Gasteiger partial charge in [0.2, 0.25) is 0 Å². The van der Waals surface area contributed by atoms with Crippen LogP contribution in [0.25, 0.3) is 0 Å². The number of rotatable bonds is 49. The molecule has 1 atom stereocenters. The third-order valence-electron chi connectivity index (χ3n) is 11.4. The number of nitrogens with zero attached hydrogens (tertiary/aromatic N) is 1. The maximum Gasteiger partial charge on any atom is 0.508 e. The molecule has 0 aliphatic rings. The molecule has 0 aliphatic carbocycles. The van der Waals surface area contributed by atoms with Gasteiger partial charge in [-0.2, -0.15) is 0 Å². The average molecular weight is 886 g/mol. The van der Waals surface area contributed by atoms with E-state index >= 15 is 0 Å². The topological polar surface area (TPSA) is 119 Å². The van der Waals surface area contributed by atoms with Gasteiger partial charge < -0.3 is 38.1 Å². The van der Waals surface area contributed by atoms with Crippen molar-refractivity contribution in [2.45, 2.75) is 234 Å². The van der Waals surface area contributed by atoms with Crippen molar-refractivity contribution in [1.29, 1.82) is 0 Å². The maximum absolute atomic E-state index is 12.7. The Kier molecular flexibility index (Phi) is 47.0. The molecule has 62 heavy (non-hydrogen) atoms. The average Bonchev–Trinajstić information content (AvgIpc) is 3.27. The summed E-state index contributed by atoms with van der Waals surface area (Å²) in [6, 6.07) is 0. The smallest absolute Gasteiger partial charge is 0.466 e. The molecule has 0 aromatic rings. The van der Waals surface area contributed by atoms with E-state index < -0.39 is 6.16 Å². The first-order valence-electron chi connectivity index (χ1n) is 26.0. The molecule has 0 rings (SSSR count). The highest BCUT2D eigenvalue weighted by molar-refractivity contribution is 5.69. The van der Waals surface area contributed by atoms with Crippen molar-refractivity contribution in [2.24, 2.45) is 5.92 Å². The van der Waals surface area contributed by atoms with E-state index in [2.05, 4.69) is 39.5 Å². The van der Waals surface area contributed by atoms with Crippen molar-refractivity contribution in [3.63, 3.8) is 0 Å². The fourth-order valence-corrected chi connectivity index (χ4v) is 7.21. The first kappa shape index (κ1) is 60.1. The van der Waals surface area contributed by atoms with Crippen LogP contribution in [-0.4, -0.2) is 102 Å². The molecule has 11 nitrogen and oxygen atoms in total. The molecule has 1 unspecified atom stereocenters. The van der Waals surface area contributed by atoms with E-state index in [0.29, 0.717) is 39.3 Å². The lowest BCUT2D eigenvalue weighted by molar-refractivity contribution is -0.150. The fourth-order valence-electron chi connectivity index (χ4n) is 7.21. The Balaban J connectivity index is 4.66. The van der Waals surface area contributed by atoms with Crippen molar-refractivity contribution in [2.75, 3.05) is 72.5 Å². The lowest BCUT2D eigenvalue weighted by Gasteiger charge is -2.20. The van der Waals surface area contributed by atoms with Crippen molar-refractivity contribution in [3.05, 3.63) is 0 Å². The highest BCUT2D eigenvalue weighted by atomic mass is 16.7. The van der Waals surface area contributed by atoms with Gasteiger partial charge in [0, 0.05) is 45.6 Å². The lowest BCUT2D eigenvalue weighted by Crippen LogP contribution is -2.27. The summed E-state index contributed by atoms with van der Waals surface area (Å²) in [7, 11) is 0. The summed E-state index contributed by atoms with van der Waals surface area (Å²) in [6.45, 7) is 16.9. The molecular formula is C51H99NO10. The maximum atomic E-state index is 12.7. The number of unbranched alkanes of at least 4 members (excludes halogenated alkanes) is 21. The van der Waals surface area contributed by atoms with Crippen molar-refractivity contribution in [1.82, 2.24) is 4.90 Å². The van der Waals surface area contributed by atoms with E-state index in [4.69, 9.17) is 33.2 Å². The van der Waals surface area contributed by atoms with Crippen LogP contribution in [0, 0.1) is 5.92 Å². The van der Waals surface area contributed by atoms with Gasteiger partial charge in [-0.3, -0.25) is 9.59 Å². The zero-order chi connectivity index (χ0) is 45.4. The zero-order valence-corrected chi connectivity index (χ0v) is 41.2. The molecule has 0 aromatic heterocycles. The Morgan fingerprint density at radius 2 is 0.839 bits per heavy atom. The van der Waals surface area contributed by atoms with Gasteiger partial charge in [0.15, 0.2) is 6.29 Å². The van der Waals surface area contributed by atoms with Crippen LogP contribution >= 0.6 is 0 Å². The lowest BCUT2D eigenvalue weighted by atomic mass is 10.1. The van der Waals surface area contributed by atoms with Gasteiger partial charge in [-0.05, 0) is 58.0 Å². The normalized spacial score (nSPS) is 12.0. The Hall–Kier alpha value is -1.95. The minimum atomic E-state index is -0.717. The summed E-state index contributed by atoms with van der Waals surface area (Å²) in [5.74, 6) is -0.694. The van der Waals surface area contributed by atoms with Gasteiger partial charge in [0.05, 0.1) is 32.3 Å². The Morgan fingerprint density at radius 1 is 0.403 bits per heavy atom. The molecular weight excluding hydrogens is 787 g/mol. The van der Waals surface area contributed by atoms with Crippen LogP contribution in [0.15, 0.2) is 0 Å². The summed E-state index contributed by atoms with van der Waals surface area (Å²) in [5, 5.41) is 0. The molecule has 0 radical (unpaired) electrons. The number of esters is 2. The third-order valence-corrected chi connectivity index (χ3v) is 11.4. The highest BCUT2D eigenvalue weighted by Gasteiger charge is 2.17. The first-order chi connectivity index (χ1) is 30.4. The van der Waals surface area contributed by atoms with Crippen LogP contribution in [0.4, 0.5) is 4.79 Å². The van der Waals surface area contributed by atoms with Gasteiger partial charge in [0.25, 0.3) is 0 Å². The van der Waals surface area contributed by atoms with E-state index in [-0.39, 0.29) is 50.6 Å². The Morgan fingerprint density at radius 3 is 1.35 bits per heavy atom. The standard InChI is InChI=1S/C51H99NO10/c1-6-11-14-17-20-21-27-30-40-57-48(53)35-28-23-22-24-29-36-49(54)61-45-47(46-62-51(55)60-43-34-38-52(9-4)10-5)44-56-39-33-37-50(58-41-31-25-18-15-12-7-2)59-42-32-26-19-16-13-8-3/h47,50H,6-46H2,1-5H3. The van der Waals surface area contributed by atoms with E-state index in [9.17, 15) is 14.4 Å². The van der Waals surface area contributed by atoms with Crippen LogP contribution in [-0.2, 0) is 42.7 Å². The molecule has 0 fully saturated rings. The minimum absolute atomic E-state index is 0.0368. The molecule has 0 bridgehead atoms. The molecule has 0 spiro atoms. The van der Waals surface area contributed by atoms with Gasteiger partial charge in [-0.1, -0.05) is 163 Å². The highest BCUT2D eigenvalue weighted by Crippen LogP contribution is 2.14. The largest absolute Gasteiger partial charge is 0.508 e. The van der Waals surface area contributed by atoms with Crippen LogP contribution in [0.1, 0.15) is 227 Å². The van der Waals surface area contributed by atoms with Crippen LogP contribution in [0.3, 0.4) is 0 Å². The Bertz CT molecular complexity index is 947. The first-order valence-corrected chi connectivity index (χ1v) is 26.0. The number of hydrogen-bond acceptors (Lipinski definition) is 11. The number of carbonyl (C=O) groups excluding carboxylic acids is 3. The van der Waals surface area contributed by atoms with Crippen molar-refractivity contribution < 1.29 is 47.5 Å². The molecule has 0 heterocycles. The third kappa shape index (κ3) is 43.3. The molecule has 0 saturated carbocycles. The monoisotopic (exact) mass is 886 g/mol. The molecule has 0 aliphatic heterocycles. The molecule has 368 valence electrons. The van der Waals surface area contributed by atoms with Crippen LogP contribution in [0.5, 0.6) is 0 Å². The SMILES string of the molecule is CCCCCCCCCCOC(=O)CCCCCCCC(=O)OCC(COCCCC(OCCCCCCCC)OCCCCCCCC)COC(=O)OCCCN(CC)CC. The van der Waals surface area contributed by atoms with Gasteiger partial charge in [-0.25, -0.2) is 4.79 Å². The fraction of sp³-hybridized carbons (Fsp3) is 0.941. The van der Waals surface area contributed by atoms with Gasteiger partial charge >= 0.3 is 18.1 Å². The molecule has 0 aromatic carbocycles. The van der Waals surface area contributed by atoms with Gasteiger partial charge in [-0.15, -0.1) is 0 Å². The summed E-state index contributed by atoms with van der Waals surface area (Å²) in [5.41, 5.74) is 0. The molecule has 0 N–H and O–H groups in total. The van der Waals surface area contributed by atoms with Crippen LogP contribution in [0.2, 0.25) is 0 Å². The van der Waals surface area contributed by atoms with Crippen molar-refractivity contribution in [3.8, 4) is 0 Å². The second-order valence-corrected chi connectivity index (χ2v) is 17.2. The molecule has 11 heteroatoms. The predicted octanol–water partition coefficient (Wildman–Crippen LogP) is 13.3. The van der Waals surface area contributed by atoms with E-state index in [1.807, 2.05) is 0 Å². The zero-order valence-electron chi connectivity index (χ0n) is 41.2. The summed E-state index contributed by atoms with van der Waals surface area (Å²) in [6.07, 6.45) is 30.8. The van der Waals surface area contributed by atoms with E-state index in [1.165, 1.54) is 103 Å². The predicted molar refractivity (Wildman–Crippen MR) is 253 cm³/mol. The van der Waals surface area contributed by atoms with Crippen molar-refractivity contribution >= 4 is 18.1 Å². The summed E-state index contributed by atoms with van der Waals surface area (Å²) >= 11 is 0. The minimum Gasteiger partial charge on any atom is -0.466 e. The quantitative estimate of drug-likeness (QED) is 0.0251. The van der Waals surface area contributed by atoms with E-state index in [0.717, 1.165) is 96.7 Å². The summed E-state index contributed by atoms with van der Waals surface area (Å²) in [4.78, 5) is 39.4. The second kappa shape index (κ2) is 48.5. The summed E-state index contributed by atoms with van der Waals surface area (Å²) < 4.78 is 40.2. The Labute approximate surface area is 381 Å². The number of carbonyl (C=O) groups is 3. The van der Waals surface area contributed by atoms with E-state index in [1.54, 1.807) is 0 Å².